The number of aryl methyl sites for hydroxylation is 1. The monoisotopic (exact) mass is 560 g/mol. The minimum absolute atomic E-state index is 0.0658. The van der Waals surface area contributed by atoms with E-state index in [0.29, 0.717) is 22.5 Å². The van der Waals surface area contributed by atoms with Gasteiger partial charge in [-0.3, -0.25) is 4.68 Å². The Labute approximate surface area is 230 Å². The van der Waals surface area contributed by atoms with Crippen LogP contribution in [0.2, 0.25) is 5.02 Å². The predicted molar refractivity (Wildman–Crippen MR) is 139 cm³/mol. The van der Waals surface area contributed by atoms with Crippen LogP contribution in [0.15, 0.2) is 79.6 Å². The average Bonchev–Trinajstić information content (AvgIpc) is 3.72. The van der Waals surface area contributed by atoms with E-state index < -0.39 is 11.9 Å². The molecular formula is C26H19ClF2N10O. The van der Waals surface area contributed by atoms with E-state index in [0.717, 1.165) is 16.8 Å². The summed E-state index contributed by atoms with van der Waals surface area (Å²) in [6, 6.07) is 11.6. The lowest BCUT2D eigenvalue weighted by Crippen LogP contribution is -2.36. The van der Waals surface area contributed by atoms with Crippen molar-refractivity contribution in [3.63, 3.8) is 0 Å². The van der Waals surface area contributed by atoms with Crippen LogP contribution < -0.4 is 4.73 Å². The van der Waals surface area contributed by atoms with E-state index in [9.17, 15) is 9.60 Å². The maximum Gasteiger partial charge on any atom is 0.217 e. The maximum atomic E-state index is 15.3. The van der Waals surface area contributed by atoms with Crippen molar-refractivity contribution in [1.82, 2.24) is 45.0 Å². The summed E-state index contributed by atoms with van der Waals surface area (Å²) < 4.78 is 34.1. The molecule has 11 nitrogen and oxygen atoms in total. The number of tetrazole rings is 1. The summed E-state index contributed by atoms with van der Waals surface area (Å²) in [6.45, 7) is 0. The Balaban J connectivity index is 1.44. The number of hydrogen-bond donors (Lipinski definition) is 0. The SMILES string of the molecule is Cn1nncc1-c1cnn(C(Cc2ccc(F)cc2)c2ccc(-c3c(-n4cnnn4)ccc(Cl)c3F)c[n+]2[O-])c1. The van der Waals surface area contributed by atoms with E-state index >= 15 is 4.39 Å². The molecule has 2 aromatic carbocycles. The molecular weight excluding hydrogens is 542 g/mol. The van der Waals surface area contributed by atoms with E-state index in [4.69, 9.17) is 11.6 Å². The van der Waals surface area contributed by atoms with Gasteiger partial charge in [0, 0.05) is 31.3 Å². The third-order valence-electron chi connectivity index (χ3n) is 6.52. The summed E-state index contributed by atoms with van der Waals surface area (Å²) in [5, 5.41) is 36.9. The largest absolute Gasteiger partial charge is 0.618 e. The lowest BCUT2D eigenvalue weighted by molar-refractivity contribution is -0.615. The van der Waals surface area contributed by atoms with Gasteiger partial charge in [-0.15, -0.1) is 10.2 Å². The van der Waals surface area contributed by atoms with E-state index in [2.05, 4.69) is 30.9 Å². The molecule has 4 aromatic heterocycles. The van der Waals surface area contributed by atoms with Crippen LogP contribution in [0.5, 0.6) is 0 Å². The number of aromatic nitrogens is 10. The second kappa shape index (κ2) is 10.3. The van der Waals surface area contributed by atoms with Gasteiger partial charge in [0.25, 0.3) is 0 Å². The number of hydrogen-bond acceptors (Lipinski definition) is 7. The van der Waals surface area contributed by atoms with Crippen molar-refractivity contribution in [2.24, 2.45) is 7.05 Å². The second-order valence-electron chi connectivity index (χ2n) is 8.98. The third-order valence-corrected chi connectivity index (χ3v) is 6.81. The van der Waals surface area contributed by atoms with Gasteiger partial charge >= 0.3 is 0 Å². The molecule has 0 N–H and O–H groups in total. The molecule has 6 rings (SSSR count). The van der Waals surface area contributed by atoms with Gasteiger partial charge in [0.1, 0.15) is 18.2 Å². The quantitative estimate of drug-likeness (QED) is 0.216. The summed E-state index contributed by atoms with van der Waals surface area (Å²) in [5.41, 5.74) is 3.25. The molecule has 0 saturated carbocycles. The smallest absolute Gasteiger partial charge is 0.217 e. The first-order chi connectivity index (χ1) is 19.4. The Kier molecular flexibility index (Phi) is 6.48. The zero-order valence-electron chi connectivity index (χ0n) is 20.8. The number of pyridine rings is 1. The third kappa shape index (κ3) is 4.66. The number of nitrogens with zero attached hydrogens (tertiary/aromatic N) is 10. The summed E-state index contributed by atoms with van der Waals surface area (Å²) >= 11 is 6.09. The standard InChI is InChI=1S/C26H19ClF2N10O/c1-36-24(12-30-34-36)18-11-32-37(13-18)23(10-16-2-5-19(28)6-3-16)21-8-4-17(14-39(21)40)25-22(38-15-31-33-35-38)9-7-20(27)26(25)29/h2-9,11-15,23H,10H2,1H3. The Bertz CT molecular complexity index is 1800. The molecule has 1 atom stereocenters. The van der Waals surface area contributed by atoms with Crippen molar-refractivity contribution in [3.8, 4) is 28.1 Å². The summed E-state index contributed by atoms with van der Waals surface area (Å²) in [4.78, 5) is 0. The van der Waals surface area contributed by atoms with Gasteiger partial charge in [-0.1, -0.05) is 28.9 Å². The Morgan fingerprint density at radius 3 is 2.50 bits per heavy atom. The van der Waals surface area contributed by atoms with E-state index in [-0.39, 0.29) is 22.0 Å². The molecule has 0 amide bonds. The molecule has 0 aliphatic rings. The highest BCUT2D eigenvalue weighted by Gasteiger charge is 2.26. The molecule has 0 bridgehead atoms. The fourth-order valence-corrected chi connectivity index (χ4v) is 4.70. The van der Waals surface area contributed by atoms with Crippen LogP contribution in [0.1, 0.15) is 17.3 Å². The molecule has 0 aliphatic heterocycles. The van der Waals surface area contributed by atoms with Crippen LogP contribution in [-0.4, -0.2) is 45.0 Å². The molecule has 0 fully saturated rings. The van der Waals surface area contributed by atoms with Crippen molar-refractivity contribution in [1.29, 1.82) is 0 Å². The highest BCUT2D eigenvalue weighted by molar-refractivity contribution is 6.31. The summed E-state index contributed by atoms with van der Waals surface area (Å²) in [7, 11) is 1.76. The van der Waals surface area contributed by atoms with Gasteiger partial charge in [0.2, 0.25) is 5.69 Å². The molecule has 0 aliphatic carbocycles. The zero-order chi connectivity index (χ0) is 27.8. The number of halogens is 3. The first-order valence-corrected chi connectivity index (χ1v) is 12.4. The molecule has 6 aromatic rings. The molecule has 14 heteroatoms. The van der Waals surface area contributed by atoms with Gasteiger partial charge < -0.3 is 5.21 Å². The molecule has 1 unspecified atom stereocenters. The van der Waals surface area contributed by atoms with Crippen molar-refractivity contribution in [2.45, 2.75) is 12.5 Å². The normalized spacial score (nSPS) is 12.1. The second-order valence-corrected chi connectivity index (χ2v) is 9.38. The van der Waals surface area contributed by atoms with Crippen LogP contribution in [0.4, 0.5) is 8.78 Å². The van der Waals surface area contributed by atoms with Gasteiger partial charge in [-0.05, 0) is 46.3 Å². The average molecular weight is 561 g/mol. The first kappa shape index (κ1) is 25.2. The van der Waals surface area contributed by atoms with Crippen molar-refractivity contribution >= 4 is 11.6 Å². The highest BCUT2D eigenvalue weighted by atomic mass is 35.5. The zero-order valence-corrected chi connectivity index (χ0v) is 21.6. The molecule has 0 saturated heterocycles. The fourth-order valence-electron chi connectivity index (χ4n) is 4.55. The predicted octanol–water partition coefficient (Wildman–Crippen LogP) is 3.72. The molecule has 4 heterocycles. The van der Waals surface area contributed by atoms with Crippen LogP contribution in [0, 0.1) is 16.8 Å². The summed E-state index contributed by atoms with van der Waals surface area (Å²) in [5.74, 6) is -1.08. The van der Waals surface area contributed by atoms with Gasteiger partial charge in [-0.2, -0.15) is 14.5 Å². The van der Waals surface area contributed by atoms with Crippen molar-refractivity contribution < 1.29 is 13.5 Å². The van der Waals surface area contributed by atoms with Crippen LogP contribution >= 0.6 is 11.6 Å². The maximum absolute atomic E-state index is 15.3. The van der Waals surface area contributed by atoms with Gasteiger partial charge in [0.15, 0.2) is 12.0 Å². The van der Waals surface area contributed by atoms with Gasteiger partial charge in [-0.25, -0.2) is 13.5 Å². The first-order valence-electron chi connectivity index (χ1n) is 12.0. The Morgan fingerprint density at radius 2 is 1.80 bits per heavy atom. The molecule has 40 heavy (non-hydrogen) atoms. The number of rotatable bonds is 7. The molecule has 0 radical (unpaired) electrons. The lowest BCUT2D eigenvalue weighted by atomic mass is 10.00. The number of benzene rings is 2. The minimum Gasteiger partial charge on any atom is -0.618 e. The molecule has 0 spiro atoms. The van der Waals surface area contributed by atoms with E-state index in [1.54, 1.807) is 65.3 Å². The van der Waals surface area contributed by atoms with Crippen LogP contribution in [0.3, 0.4) is 0 Å². The van der Waals surface area contributed by atoms with Crippen LogP contribution in [-0.2, 0) is 13.5 Å². The van der Waals surface area contributed by atoms with E-state index in [1.807, 2.05) is 0 Å². The van der Waals surface area contributed by atoms with Crippen LogP contribution in [0.25, 0.3) is 28.1 Å². The topological polar surface area (TPSA) is 119 Å². The van der Waals surface area contributed by atoms with Crippen molar-refractivity contribution in [2.75, 3.05) is 0 Å². The molecule has 200 valence electrons. The minimum atomic E-state index is -0.716. The lowest BCUT2D eigenvalue weighted by Gasteiger charge is -2.18. The highest BCUT2D eigenvalue weighted by Crippen LogP contribution is 2.33. The Hall–Kier alpha value is -5.04. The Morgan fingerprint density at radius 1 is 0.975 bits per heavy atom. The van der Waals surface area contributed by atoms with Crippen molar-refractivity contribution in [3.05, 3.63) is 113 Å². The van der Waals surface area contributed by atoms with E-state index in [1.165, 1.54) is 35.4 Å². The van der Waals surface area contributed by atoms with Gasteiger partial charge in [0.05, 0.1) is 39.9 Å². The summed E-state index contributed by atoms with van der Waals surface area (Å²) in [6.07, 6.45) is 7.96. The fraction of sp³-hybridized carbons (Fsp3) is 0.115.